The average molecular weight is 337 g/mol. The van der Waals surface area contributed by atoms with E-state index in [1.165, 1.54) is 19.1 Å². The molecule has 1 aliphatic heterocycles. The van der Waals surface area contributed by atoms with Crippen LogP contribution in [0.25, 0.3) is 6.08 Å². The lowest BCUT2D eigenvalue weighted by Gasteiger charge is -2.18. The van der Waals surface area contributed by atoms with Crippen molar-refractivity contribution in [3.05, 3.63) is 40.3 Å². The minimum Gasteiger partial charge on any atom is -0.480 e. The lowest BCUT2D eigenvalue weighted by atomic mass is 10.1. The normalized spacial score (nSPS) is 17.9. The first-order valence-electron chi connectivity index (χ1n) is 6.15. The Kier molecular flexibility index (Phi) is 4.62. The maximum Gasteiger partial charge on any atom is 0.336 e. The summed E-state index contributed by atoms with van der Waals surface area (Å²) in [6.07, 6.45) is 1.41. The molecule has 6 nitrogen and oxygen atoms in total. The number of hydrogen-bond donors (Lipinski definition) is 2. The quantitative estimate of drug-likeness (QED) is 0.641. The van der Waals surface area contributed by atoms with Gasteiger partial charge in [0.2, 0.25) is 0 Å². The van der Waals surface area contributed by atoms with Crippen molar-refractivity contribution in [2.24, 2.45) is 0 Å². The molecule has 0 radical (unpaired) electrons. The van der Waals surface area contributed by atoms with E-state index in [1.54, 1.807) is 18.2 Å². The van der Waals surface area contributed by atoms with Gasteiger partial charge in [-0.25, -0.2) is 9.59 Å². The zero-order valence-electron chi connectivity index (χ0n) is 11.3. The number of nitrogens with zero attached hydrogens (tertiary/aromatic N) is 1. The molecule has 1 saturated heterocycles. The number of rotatable bonds is 4. The van der Waals surface area contributed by atoms with Gasteiger partial charge in [0.1, 0.15) is 10.4 Å². The van der Waals surface area contributed by atoms with E-state index in [9.17, 15) is 14.4 Å². The van der Waals surface area contributed by atoms with Gasteiger partial charge in [-0.2, -0.15) is 0 Å². The van der Waals surface area contributed by atoms with Crippen LogP contribution >= 0.6 is 24.0 Å². The molecule has 0 unspecified atom stereocenters. The zero-order chi connectivity index (χ0) is 16.4. The summed E-state index contributed by atoms with van der Waals surface area (Å²) in [5.41, 5.74) is 0.414. The number of aliphatic carboxylic acids is 1. The Morgan fingerprint density at radius 2 is 1.95 bits per heavy atom. The molecule has 2 N–H and O–H groups in total. The Labute approximate surface area is 135 Å². The van der Waals surface area contributed by atoms with Crippen LogP contribution in [0.2, 0.25) is 0 Å². The summed E-state index contributed by atoms with van der Waals surface area (Å²) in [4.78, 5) is 35.7. The summed E-state index contributed by atoms with van der Waals surface area (Å²) in [6.45, 7) is 1.36. The Hall–Kier alpha value is -2.19. The first kappa shape index (κ1) is 16.2. The van der Waals surface area contributed by atoms with Gasteiger partial charge in [-0.1, -0.05) is 42.2 Å². The van der Waals surface area contributed by atoms with Crippen molar-refractivity contribution in [1.29, 1.82) is 0 Å². The monoisotopic (exact) mass is 337 g/mol. The summed E-state index contributed by atoms with van der Waals surface area (Å²) in [6, 6.07) is 5.15. The summed E-state index contributed by atoms with van der Waals surface area (Å²) in [5, 5.41) is 18.1. The number of hydrogen-bond acceptors (Lipinski definition) is 5. The molecule has 1 amide bonds. The van der Waals surface area contributed by atoms with Gasteiger partial charge >= 0.3 is 11.9 Å². The second kappa shape index (κ2) is 6.29. The van der Waals surface area contributed by atoms with Gasteiger partial charge in [0.05, 0.1) is 10.5 Å². The summed E-state index contributed by atoms with van der Waals surface area (Å²) >= 11 is 5.99. The largest absolute Gasteiger partial charge is 0.480 e. The maximum absolute atomic E-state index is 12.3. The molecule has 0 aromatic heterocycles. The Morgan fingerprint density at radius 1 is 1.32 bits per heavy atom. The summed E-state index contributed by atoms with van der Waals surface area (Å²) in [7, 11) is 0. The number of benzene rings is 1. The van der Waals surface area contributed by atoms with Crippen molar-refractivity contribution in [2.45, 2.75) is 13.0 Å². The smallest absolute Gasteiger partial charge is 0.336 e. The molecule has 1 heterocycles. The number of thiocarbonyl (C=S) groups is 1. The van der Waals surface area contributed by atoms with Crippen molar-refractivity contribution in [3.63, 3.8) is 0 Å². The third-order valence-corrected chi connectivity index (χ3v) is 4.38. The molecule has 1 fully saturated rings. The Balaban J connectivity index is 2.39. The highest BCUT2D eigenvalue weighted by Gasteiger charge is 2.38. The number of carboxylic acids is 2. The minimum atomic E-state index is -1.16. The maximum atomic E-state index is 12.3. The van der Waals surface area contributed by atoms with Crippen LogP contribution < -0.4 is 0 Å². The number of aromatic carboxylic acids is 1. The number of carboxylic acid groups (broad SMARTS) is 2. The predicted molar refractivity (Wildman–Crippen MR) is 85.5 cm³/mol. The van der Waals surface area contributed by atoms with E-state index in [2.05, 4.69) is 0 Å². The molecule has 114 valence electrons. The van der Waals surface area contributed by atoms with Crippen LogP contribution in [0.1, 0.15) is 22.8 Å². The molecule has 1 aliphatic rings. The van der Waals surface area contributed by atoms with Crippen molar-refractivity contribution >= 4 is 52.2 Å². The van der Waals surface area contributed by atoms with Crippen LogP contribution in [-0.2, 0) is 9.59 Å². The van der Waals surface area contributed by atoms with Crippen LogP contribution in [0.15, 0.2) is 29.2 Å². The molecule has 1 aromatic rings. The van der Waals surface area contributed by atoms with Gasteiger partial charge in [0.25, 0.3) is 5.91 Å². The van der Waals surface area contributed by atoms with Crippen molar-refractivity contribution < 1.29 is 24.6 Å². The standard InChI is InChI=1S/C14H11NO5S2/c1-7(12(17)18)15-11(16)10(22-14(15)21)6-8-4-2-3-5-9(8)13(19)20/h2-7H,1H3,(H,17,18)(H,19,20)/t7-/m0/s1. The highest BCUT2D eigenvalue weighted by atomic mass is 32.2. The Morgan fingerprint density at radius 3 is 2.55 bits per heavy atom. The van der Waals surface area contributed by atoms with Crippen LogP contribution in [-0.4, -0.2) is 43.3 Å². The zero-order valence-corrected chi connectivity index (χ0v) is 13.0. The molecule has 0 saturated carbocycles. The highest BCUT2D eigenvalue weighted by molar-refractivity contribution is 8.26. The van der Waals surface area contributed by atoms with Crippen LogP contribution in [0.3, 0.4) is 0 Å². The van der Waals surface area contributed by atoms with Crippen LogP contribution in [0.5, 0.6) is 0 Å². The van der Waals surface area contributed by atoms with Gasteiger partial charge in [-0.3, -0.25) is 9.69 Å². The molecule has 0 aliphatic carbocycles. The molecule has 8 heteroatoms. The van der Waals surface area contributed by atoms with E-state index in [0.29, 0.717) is 5.56 Å². The topological polar surface area (TPSA) is 94.9 Å². The van der Waals surface area contributed by atoms with Gasteiger partial charge in [0.15, 0.2) is 0 Å². The number of carbonyl (C=O) groups is 3. The van der Waals surface area contributed by atoms with E-state index in [-0.39, 0.29) is 14.8 Å². The first-order valence-corrected chi connectivity index (χ1v) is 7.37. The number of amides is 1. The number of carbonyl (C=O) groups excluding carboxylic acids is 1. The summed E-state index contributed by atoms with van der Waals surface area (Å²) in [5.74, 6) is -2.81. The van der Waals surface area contributed by atoms with Crippen molar-refractivity contribution in [2.75, 3.05) is 0 Å². The highest BCUT2D eigenvalue weighted by Crippen LogP contribution is 2.34. The Bertz CT molecular complexity index is 713. The van der Waals surface area contributed by atoms with E-state index >= 15 is 0 Å². The molecule has 0 bridgehead atoms. The molecule has 0 spiro atoms. The van der Waals surface area contributed by atoms with E-state index < -0.39 is 23.9 Å². The second-order valence-corrected chi connectivity index (χ2v) is 6.13. The third kappa shape index (κ3) is 3.02. The van der Waals surface area contributed by atoms with E-state index in [1.807, 2.05) is 0 Å². The SMILES string of the molecule is C[C@@H](C(=O)O)N1C(=O)C(=Cc2ccccc2C(=O)O)SC1=S. The molecular weight excluding hydrogens is 326 g/mol. The fraction of sp³-hybridized carbons (Fsp3) is 0.143. The lowest BCUT2D eigenvalue weighted by molar-refractivity contribution is -0.144. The molecule has 2 rings (SSSR count). The fourth-order valence-electron chi connectivity index (χ4n) is 1.88. The fourth-order valence-corrected chi connectivity index (χ4v) is 3.29. The van der Waals surface area contributed by atoms with Crippen molar-refractivity contribution in [3.8, 4) is 0 Å². The van der Waals surface area contributed by atoms with Gasteiger partial charge in [-0.05, 0) is 24.6 Å². The molecule has 1 atom stereocenters. The van der Waals surface area contributed by atoms with Gasteiger partial charge < -0.3 is 10.2 Å². The third-order valence-electron chi connectivity index (χ3n) is 3.05. The molecule has 1 aromatic carbocycles. The van der Waals surface area contributed by atoms with E-state index in [4.69, 9.17) is 22.4 Å². The number of thioether (sulfide) groups is 1. The van der Waals surface area contributed by atoms with Crippen LogP contribution in [0, 0.1) is 0 Å². The van der Waals surface area contributed by atoms with Gasteiger partial charge in [0, 0.05) is 0 Å². The lowest BCUT2D eigenvalue weighted by Crippen LogP contribution is -2.41. The van der Waals surface area contributed by atoms with Gasteiger partial charge in [-0.15, -0.1) is 0 Å². The molecular formula is C14H11NO5S2. The van der Waals surface area contributed by atoms with Crippen molar-refractivity contribution in [1.82, 2.24) is 4.90 Å². The summed E-state index contributed by atoms with van der Waals surface area (Å²) < 4.78 is 0.138. The average Bonchev–Trinajstić information content (AvgIpc) is 2.73. The minimum absolute atomic E-state index is 0.0547. The first-order chi connectivity index (χ1) is 10.3. The second-order valence-electron chi connectivity index (χ2n) is 4.46. The molecule has 22 heavy (non-hydrogen) atoms. The predicted octanol–water partition coefficient (Wildman–Crippen LogP) is 2.06. The van der Waals surface area contributed by atoms with Crippen LogP contribution in [0.4, 0.5) is 0 Å². The van der Waals surface area contributed by atoms with E-state index in [0.717, 1.165) is 16.7 Å².